The Kier molecular flexibility index (Phi) is 6.19. The van der Waals surface area contributed by atoms with Gasteiger partial charge in [0.15, 0.2) is 0 Å². The molecule has 4 nitrogen and oxygen atoms in total. The number of carbonyl (C=O) groups is 1. The van der Waals surface area contributed by atoms with Crippen molar-refractivity contribution in [3.63, 3.8) is 0 Å². The zero-order valence-electron chi connectivity index (χ0n) is 13.8. The molecule has 124 valence electrons. The molecule has 0 radical (unpaired) electrons. The summed E-state index contributed by atoms with van der Waals surface area (Å²) in [5.74, 6) is 1.16. The molecule has 1 aromatic heterocycles. The molecule has 0 spiro atoms. The molecule has 1 amide bonds. The van der Waals surface area contributed by atoms with E-state index in [0.717, 1.165) is 21.8 Å². The SMILES string of the molecule is Cc1ccc(-c2ccc(C(=O)NCC(C)C)s2)cc1OCCO. The summed E-state index contributed by atoms with van der Waals surface area (Å²) in [4.78, 5) is 13.8. The highest BCUT2D eigenvalue weighted by Crippen LogP contribution is 2.32. The van der Waals surface area contributed by atoms with Gasteiger partial charge >= 0.3 is 0 Å². The Morgan fingerprint density at radius 2 is 2.09 bits per heavy atom. The minimum atomic E-state index is -0.0289. The fraction of sp³-hybridized carbons (Fsp3) is 0.389. The second-order valence-corrected chi connectivity index (χ2v) is 6.90. The summed E-state index contributed by atoms with van der Waals surface area (Å²) in [7, 11) is 0. The van der Waals surface area contributed by atoms with Crippen LogP contribution in [0.4, 0.5) is 0 Å². The van der Waals surface area contributed by atoms with Gasteiger partial charge in [-0.1, -0.05) is 26.0 Å². The number of carbonyl (C=O) groups excluding carboxylic acids is 1. The van der Waals surface area contributed by atoms with Crippen molar-refractivity contribution < 1.29 is 14.6 Å². The van der Waals surface area contributed by atoms with Crippen LogP contribution in [0.2, 0.25) is 0 Å². The van der Waals surface area contributed by atoms with Gasteiger partial charge in [-0.3, -0.25) is 4.79 Å². The van der Waals surface area contributed by atoms with Crippen molar-refractivity contribution in [1.82, 2.24) is 5.32 Å². The molecule has 23 heavy (non-hydrogen) atoms. The lowest BCUT2D eigenvalue weighted by Crippen LogP contribution is -2.26. The van der Waals surface area contributed by atoms with Gasteiger partial charge in [0.05, 0.1) is 11.5 Å². The quantitative estimate of drug-likeness (QED) is 0.815. The summed E-state index contributed by atoms with van der Waals surface area (Å²) in [6.45, 7) is 7.05. The van der Waals surface area contributed by atoms with Crippen LogP contribution in [0.15, 0.2) is 30.3 Å². The van der Waals surface area contributed by atoms with Gasteiger partial charge in [0.1, 0.15) is 12.4 Å². The lowest BCUT2D eigenvalue weighted by Gasteiger charge is -2.09. The van der Waals surface area contributed by atoms with Crippen LogP contribution in [0.3, 0.4) is 0 Å². The zero-order chi connectivity index (χ0) is 16.8. The minimum Gasteiger partial charge on any atom is -0.491 e. The monoisotopic (exact) mass is 333 g/mol. The van der Waals surface area contributed by atoms with E-state index in [0.29, 0.717) is 17.3 Å². The Morgan fingerprint density at radius 1 is 1.30 bits per heavy atom. The number of aryl methyl sites for hydroxylation is 1. The fourth-order valence-corrected chi connectivity index (χ4v) is 2.98. The lowest BCUT2D eigenvalue weighted by atomic mass is 10.1. The van der Waals surface area contributed by atoms with E-state index >= 15 is 0 Å². The second-order valence-electron chi connectivity index (χ2n) is 5.82. The summed E-state index contributed by atoms with van der Waals surface area (Å²) in [6.07, 6.45) is 0. The van der Waals surface area contributed by atoms with Crippen LogP contribution in [0.1, 0.15) is 29.1 Å². The Balaban J connectivity index is 2.15. The van der Waals surface area contributed by atoms with E-state index in [2.05, 4.69) is 19.2 Å². The van der Waals surface area contributed by atoms with Crippen molar-refractivity contribution in [1.29, 1.82) is 0 Å². The van der Waals surface area contributed by atoms with Crippen LogP contribution in [-0.4, -0.2) is 30.8 Å². The molecular formula is C18H23NO3S. The lowest BCUT2D eigenvalue weighted by molar-refractivity contribution is 0.0953. The molecular weight excluding hydrogens is 310 g/mol. The van der Waals surface area contributed by atoms with Crippen molar-refractivity contribution in [3.05, 3.63) is 40.8 Å². The smallest absolute Gasteiger partial charge is 0.261 e. The molecule has 1 aromatic carbocycles. The average molecular weight is 333 g/mol. The van der Waals surface area contributed by atoms with Gasteiger partial charge < -0.3 is 15.2 Å². The number of amides is 1. The first-order valence-corrected chi connectivity index (χ1v) is 8.55. The molecule has 0 bridgehead atoms. The van der Waals surface area contributed by atoms with Crippen molar-refractivity contribution in [2.75, 3.05) is 19.8 Å². The van der Waals surface area contributed by atoms with Gasteiger partial charge in [-0.15, -0.1) is 11.3 Å². The first-order chi connectivity index (χ1) is 11.0. The summed E-state index contributed by atoms with van der Waals surface area (Å²) in [5, 5.41) is 11.8. The molecule has 0 fully saturated rings. The van der Waals surface area contributed by atoms with Gasteiger partial charge in [-0.2, -0.15) is 0 Å². The van der Waals surface area contributed by atoms with E-state index in [1.807, 2.05) is 37.3 Å². The third-order valence-corrected chi connectivity index (χ3v) is 4.46. The number of hydrogen-bond acceptors (Lipinski definition) is 4. The van der Waals surface area contributed by atoms with E-state index < -0.39 is 0 Å². The van der Waals surface area contributed by atoms with Crippen molar-refractivity contribution in [3.8, 4) is 16.2 Å². The molecule has 5 heteroatoms. The van der Waals surface area contributed by atoms with Crippen LogP contribution >= 0.6 is 11.3 Å². The maximum Gasteiger partial charge on any atom is 0.261 e. The van der Waals surface area contributed by atoms with E-state index in [1.165, 1.54) is 11.3 Å². The number of aliphatic hydroxyl groups is 1. The molecule has 0 aliphatic carbocycles. The fourth-order valence-electron chi connectivity index (χ4n) is 2.06. The Morgan fingerprint density at radius 3 is 2.78 bits per heavy atom. The molecule has 1 heterocycles. The molecule has 0 saturated heterocycles. The topological polar surface area (TPSA) is 58.6 Å². The molecule has 0 aliphatic heterocycles. The summed E-state index contributed by atoms with van der Waals surface area (Å²) >= 11 is 1.47. The Bertz CT molecular complexity index is 664. The van der Waals surface area contributed by atoms with Crippen molar-refractivity contribution in [2.24, 2.45) is 5.92 Å². The van der Waals surface area contributed by atoms with Crippen LogP contribution in [0.5, 0.6) is 5.75 Å². The van der Waals surface area contributed by atoms with E-state index in [1.54, 1.807) is 0 Å². The Labute approximate surface area is 141 Å². The van der Waals surface area contributed by atoms with Crippen LogP contribution in [0, 0.1) is 12.8 Å². The zero-order valence-corrected chi connectivity index (χ0v) is 14.6. The van der Waals surface area contributed by atoms with E-state index in [9.17, 15) is 4.79 Å². The van der Waals surface area contributed by atoms with E-state index in [-0.39, 0.29) is 19.1 Å². The third-order valence-electron chi connectivity index (χ3n) is 3.32. The number of nitrogens with one attached hydrogen (secondary N) is 1. The molecule has 2 rings (SSSR count). The van der Waals surface area contributed by atoms with Gasteiger partial charge in [0, 0.05) is 11.4 Å². The van der Waals surface area contributed by atoms with Gasteiger partial charge in [-0.05, 0) is 42.2 Å². The highest BCUT2D eigenvalue weighted by atomic mass is 32.1. The maximum absolute atomic E-state index is 12.1. The largest absolute Gasteiger partial charge is 0.491 e. The number of thiophene rings is 1. The normalized spacial score (nSPS) is 10.8. The molecule has 0 atom stereocenters. The predicted molar refractivity (Wildman–Crippen MR) is 94.2 cm³/mol. The number of benzene rings is 1. The number of rotatable bonds is 7. The minimum absolute atomic E-state index is 0.0111. The first kappa shape index (κ1) is 17.5. The maximum atomic E-state index is 12.1. The predicted octanol–water partition coefficient (Wildman–Crippen LogP) is 3.48. The molecule has 0 saturated carbocycles. The van der Waals surface area contributed by atoms with Crippen LogP contribution in [0.25, 0.3) is 10.4 Å². The molecule has 0 unspecified atom stereocenters. The third kappa shape index (κ3) is 4.81. The van der Waals surface area contributed by atoms with Crippen LogP contribution in [-0.2, 0) is 0 Å². The summed E-state index contributed by atoms with van der Waals surface area (Å²) in [6, 6.07) is 9.76. The van der Waals surface area contributed by atoms with Gasteiger partial charge in [0.25, 0.3) is 5.91 Å². The summed E-state index contributed by atoms with van der Waals surface area (Å²) in [5.41, 5.74) is 2.03. The number of hydrogen-bond donors (Lipinski definition) is 2. The molecule has 2 aromatic rings. The summed E-state index contributed by atoms with van der Waals surface area (Å²) < 4.78 is 5.54. The standard InChI is InChI=1S/C18H23NO3S/c1-12(2)11-19-18(21)17-7-6-16(23-17)14-5-4-13(3)15(10-14)22-9-8-20/h4-7,10,12,20H,8-9,11H2,1-3H3,(H,19,21). The van der Waals surface area contributed by atoms with Crippen molar-refractivity contribution >= 4 is 17.2 Å². The van der Waals surface area contributed by atoms with E-state index in [4.69, 9.17) is 9.84 Å². The van der Waals surface area contributed by atoms with Gasteiger partial charge in [0.2, 0.25) is 0 Å². The highest BCUT2D eigenvalue weighted by molar-refractivity contribution is 7.17. The number of ether oxygens (including phenoxy) is 1. The molecule has 0 aliphatic rings. The van der Waals surface area contributed by atoms with Crippen LogP contribution < -0.4 is 10.1 Å². The first-order valence-electron chi connectivity index (χ1n) is 7.74. The Hall–Kier alpha value is -1.85. The molecule has 2 N–H and O–H groups in total. The average Bonchev–Trinajstić information content (AvgIpc) is 3.01. The second kappa shape index (κ2) is 8.13. The highest BCUT2D eigenvalue weighted by Gasteiger charge is 2.11. The number of aliphatic hydroxyl groups excluding tert-OH is 1. The van der Waals surface area contributed by atoms with Crippen molar-refractivity contribution in [2.45, 2.75) is 20.8 Å². The van der Waals surface area contributed by atoms with Gasteiger partial charge in [-0.25, -0.2) is 0 Å².